The minimum absolute atomic E-state index is 0.0228. The lowest BCUT2D eigenvalue weighted by Gasteiger charge is -2.58. The van der Waals surface area contributed by atoms with Gasteiger partial charge in [-0.2, -0.15) is 0 Å². The maximum absolute atomic E-state index is 12.2. The maximum atomic E-state index is 12.2. The molecular weight excluding hydrogens is 380 g/mol. The van der Waals surface area contributed by atoms with Gasteiger partial charge in [0.15, 0.2) is 5.78 Å². The second-order valence-corrected chi connectivity index (χ2v) is 10.2. The van der Waals surface area contributed by atoms with E-state index >= 15 is 0 Å². The molecule has 0 amide bonds. The van der Waals surface area contributed by atoms with Crippen LogP contribution in [0.2, 0.25) is 0 Å². The van der Waals surface area contributed by atoms with Crippen molar-refractivity contribution in [2.24, 2.45) is 28.6 Å². The molecule has 166 valence electrons. The van der Waals surface area contributed by atoms with Crippen molar-refractivity contribution < 1.29 is 23.9 Å². The van der Waals surface area contributed by atoms with Gasteiger partial charge in [-0.15, -0.1) is 0 Å². The fourth-order valence-electron chi connectivity index (χ4n) is 7.33. The van der Waals surface area contributed by atoms with Crippen molar-refractivity contribution in [3.63, 3.8) is 0 Å². The predicted molar refractivity (Wildman–Crippen MR) is 112 cm³/mol. The summed E-state index contributed by atoms with van der Waals surface area (Å²) in [5.74, 6) is 1.48. The van der Waals surface area contributed by atoms with Crippen molar-refractivity contribution in [2.45, 2.75) is 91.1 Å². The van der Waals surface area contributed by atoms with Crippen LogP contribution in [0.4, 0.5) is 0 Å². The largest absolute Gasteiger partial charge is 0.465 e. The highest BCUT2D eigenvalue weighted by Gasteiger charge is 2.61. The van der Waals surface area contributed by atoms with Gasteiger partial charge in [0.2, 0.25) is 0 Å². The average molecular weight is 417 g/mol. The molecule has 0 aliphatic heterocycles. The normalized spacial score (nSPS) is 40.0. The fourth-order valence-corrected chi connectivity index (χ4v) is 7.33. The maximum Gasteiger partial charge on any atom is 0.305 e. The number of ether oxygens (including phenoxy) is 2. The molecule has 0 radical (unpaired) electrons. The van der Waals surface area contributed by atoms with Gasteiger partial charge in [-0.1, -0.05) is 26.3 Å². The van der Waals surface area contributed by atoms with Crippen molar-refractivity contribution in [2.75, 3.05) is 6.61 Å². The Kier molecular flexibility index (Phi) is 5.84. The van der Waals surface area contributed by atoms with Crippen LogP contribution in [0.25, 0.3) is 0 Å². The number of fused-ring (bicyclic) bond motifs is 5. The highest BCUT2D eigenvalue weighted by Crippen LogP contribution is 2.65. The molecule has 4 aliphatic carbocycles. The number of hydrogen-bond donors (Lipinski definition) is 0. The summed E-state index contributed by atoms with van der Waals surface area (Å²) in [5, 5.41) is 0. The molecule has 0 heterocycles. The summed E-state index contributed by atoms with van der Waals surface area (Å²) in [4.78, 5) is 36.2. The lowest BCUT2D eigenvalue weighted by molar-refractivity contribution is -0.162. The van der Waals surface area contributed by atoms with Crippen LogP contribution in [0.5, 0.6) is 0 Å². The van der Waals surface area contributed by atoms with E-state index in [0.717, 1.165) is 44.9 Å². The van der Waals surface area contributed by atoms with E-state index in [-0.39, 0.29) is 34.7 Å². The van der Waals surface area contributed by atoms with Crippen LogP contribution in [-0.2, 0) is 23.9 Å². The average Bonchev–Trinajstić information content (AvgIpc) is 3.08. The SMILES string of the molecule is CCC(=O)OC[C@]12CCC(=O)C=C1CC[C@@H]1[C@H]2CC[C@]2(C)C(OC(=O)CC)CC[C@@H]12. The molecule has 30 heavy (non-hydrogen) atoms. The molecule has 3 saturated carbocycles. The first-order valence-electron chi connectivity index (χ1n) is 11.9. The monoisotopic (exact) mass is 416 g/mol. The molecular formula is C25H36O5. The summed E-state index contributed by atoms with van der Waals surface area (Å²) < 4.78 is 11.6. The van der Waals surface area contributed by atoms with Crippen LogP contribution in [0, 0.1) is 28.6 Å². The number of hydrogen-bond acceptors (Lipinski definition) is 5. The molecule has 0 spiro atoms. The zero-order valence-corrected chi connectivity index (χ0v) is 18.7. The van der Waals surface area contributed by atoms with Gasteiger partial charge in [0, 0.05) is 30.1 Å². The molecule has 0 aromatic rings. The van der Waals surface area contributed by atoms with Crippen LogP contribution in [0.1, 0.15) is 85.0 Å². The molecule has 1 unspecified atom stereocenters. The Morgan fingerprint density at radius 2 is 1.77 bits per heavy atom. The first-order valence-corrected chi connectivity index (χ1v) is 11.9. The van der Waals surface area contributed by atoms with Gasteiger partial charge < -0.3 is 9.47 Å². The highest BCUT2D eigenvalue weighted by atomic mass is 16.5. The third-order valence-electron chi connectivity index (χ3n) is 8.94. The fraction of sp³-hybridized carbons (Fsp3) is 0.800. The topological polar surface area (TPSA) is 69.7 Å². The molecule has 0 saturated heterocycles. The lowest BCUT2D eigenvalue weighted by Crippen LogP contribution is -2.54. The van der Waals surface area contributed by atoms with Gasteiger partial charge in [0.25, 0.3) is 0 Å². The molecule has 0 aromatic heterocycles. The third kappa shape index (κ3) is 3.42. The number of carbonyl (C=O) groups excluding carboxylic acids is 3. The summed E-state index contributed by atoms with van der Waals surface area (Å²) in [6.45, 7) is 6.42. The van der Waals surface area contributed by atoms with Crippen LogP contribution in [-0.4, -0.2) is 30.4 Å². The second-order valence-electron chi connectivity index (χ2n) is 10.2. The number of esters is 2. The van der Waals surface area contributed by atoms with Gasteiger partial charge >= 0.3 is 11.9 Å². The van der Waals surface area contributed by atoms with Crippen molar-refractivity contribution >= 4 is 17.7 Å². The van der Waals surface area contributed by atoms with Crippen LogP contribution >= 0.6 is 0 Å². The van der Waals surface area contributed by atoms with Gasteiger partial charge in [0.1, 0.15) is 12.7 Å². The molecule has 4 aliphatic rings. The van der Waals surface area contributed by atoms with E-state index in [1.807, 2.05) is 19.9 Å². The Bertz CT molecular complexity index is 755. The van der Waals surface area contributed by atoms with Crippen molar-refractivity contribution in [1.82, 2.24) is 0 Å². The van der Waals surface area contributed by atoms with E-state index in [4.69, 9.17) is 9.47 Å². The molecule has 4 rings (SSSR count). The van der Waals surface area contributed by atoms with Gasteiger partial charge in [0.05, 0.1) is 0 Å². The number of rotatable bonds is 5. The van der Waals surface area contributed by atoms with Gasteiger partial charge in [-0.05, 0) is 68.8 Å². The van der Waals surface area contributed by atoms with Crippen molar-refractivity contribution in [3.8, 4) is 0 Å². The minimum atomic E-state index is -0.179. The third-order valence-corrected chi connectivity index (χ3v) is 8.94. The van der Waals surface area contributed by atoms with E-state index in [9.17, 15) is 14.4 Å². The van der Waals surface area contributed by atoms with Crippen molar-refractivity contribution in [1.29, 1.82) is 0 Å². The molecule has 5 nitrogen and oxygen atoms in total. The van der Waals surface area contributed by atoms with E-state index in [1.54, 1.807) is 0 Å². The van der Waals surface area contributed by atoms with Crippen LogP contribution in [0.15, 0.2) is 11.6 Å². The molecule has 0 bridgehead atoms. The van der Waals surface area contributed by atoms with E-state index < -0.39 is 0 Å². The molecule has 5 heteroatoms. The van der Waals surface area contributed by atoms with E-state index in [1.165, 1.54) is 5.57 Å². The quantitative estimate of drug-likeness (QED) is 0.604. The Labute approximate surface area is 179 Å². The second kappa shape index (κ2) is 8.12. The number of ketones is 1. The Morgan fingerprint density at radius 1 is 1.00 bits per heavy atom. The summed E-state index contributed by atoms with van der Waals surface area (Å²) in [6.07, 6.45) is 10.2. The zero-order valence-electron chi connectivity index (χ0n) is 18.7. The highest BCUT2D eigenvalue weighted by molar-refractivity contribution is 5.91. The number of carbonyl (C=O) groups is 3. The van der Waals surface area contributed by atoms with Gasteiger partial charge in [-0.25, -0.2) is 0 Å². The summed E-state index contributed by atoms with van der Waals surface area (Å²) >= 11 is 0. The van der Waals surface area contributed by atoms with E-state index in [2.05, 4.69) is 6.92 Å². The summed E-state index contributed by atoms with van der Waals surface area (Å²) in [6, 6.07) is 0. The minimum Gasteiger partial charge on any atom is -0.465 e. The summed E-state index contributed by atoms with van der Waals surface area (Å²) in [5.41, 5.74) is 1.08. The lowest BCUT2D eigenvalue weighted by atomic mass is 9.47. The first-order chi connectivity index (χ1) is 14.3. The zero-order chi connectivity index (χ0) is 21.5. The molecule has 0 aromatic carbocycles. The molecule has 6 atom stereocenters. The van der Waals surface area contributed by atoms with Crippen LogP contribution in [0.3, 0.4) is 0 Å². The Hall–Kier alpha value is -1.65. The molecule has 0 N–H and O–H groups in total. The van der Waals surface area contributed by atoms with Crippen molar-refractivity contribution in [3.05, 3.63) is 11.6 Å². The first kappa shape index (κ1) is 21.6. The van der Waals surface area contributed by atoms with E-state index in [0.29, 0.717) is 43.6 Å². The molecule has 3 fully saturated rings. The smallest absolute Gasteiger partial charge is 0.305 e. The Balaban J connectivity index is 1.61. The van der Waals surface area contributed by atoms with Crippen LogP contribution < -0.4 is 0 Å². The van der Waals surface area contributed by atoms with Gasteiger partial charge in [-0.3, -0.25) is 14.4 Å². The summed E-state index contributed by atoms with van der Waals surface area (Å²) in [7, 11) is 0. The predicted octanol–water partition coefficient (Wildman–Crippen LogP) is 4.77. The Morgan fingerprint density at radius 3 is 2.50 bits per heavy atom. The standard InChI is InChI=1S/C25H36O5/c1-4-22(27)29-15-25-13-10-17(26)14-16(25)6-7-18-19-8-9-21(30-23(28)5-2)24(19,3)12-11-20(18)25/h14,18-21H,4-13,15H2,1-3H3/t18-,19-,20+,21?,24-,25+/m0/s1.